The van der Waals surface area contributed by atoms with Gasteiger partial charge in [-0.1, -0.05) is 66.4 Å². The van der Waals surface area contributed by atoms with Crippen molar-refractivity contribution in [3.05, 3.63) is 66.7 Å². The first-order chi connectivity index (χ1) is 15.5. The molecule has 3 aromatic rings. The number of nitrogens with zero attached hydrogens (tertiary/aromatic N) is 4. The van der Waals surface area contributed by atoms with Crippen LogP contribution in [0.1, 0.15) is 13.8 Å². The van der Waals surface area contributed by atoms with Crippen LogP contribution in [-0.2, 0) is 9.59 Å². The lowest BCUT2D eigenvalue weighted by molar-refractivity contribution is -0.139. The van der Waals surface area contributed by atoms with Gasteiger partial charge >= 0.3 is 0 Å². The molecule has 1 aliphatic rings. The lowest BCUT2D eigenvalue weighted by atomic mass is 10.0. The van der Waals surface area contributed by atoms with Crippen LogP contribution in [0, 0.1) is 0 Å². The Morgan fingerprint density at radius 3 is 2.22 bits per heavy atom. The molecular formula is C25H26N4O2S. The molecule has 2 heterocycles. The fraction of sp³-hybridized carbons (Fsp3) is 0.280. The van der Waals surface area contributed by atoms with E-state index in [0.717, 1.165) is 21.8 Å². The zero-order valence-corrected chi connectivity index (χ0v) is 19.1. The summed E-state index contributed by atoms with van der Waals surface area (Å²) in [6.45, 7) is 5.29. The summed E-state index contributed by atoms with van der Waals surface area (Å²) in [5.74, 6) is 0.434. The van der Waals surface area contributed by atoms with Crippen LogP contribution in [0.4, 0.5) is 0 Å². The van der Waals surface area contributed by atoms with Gasteiger partial charge in [0.2, 0.25) is 11.8 Å². The van der Waals surface area contributed by atoms with E-state index in [1.807, 2.05) is 59.2 Å². The summed E-state index contributed by atoms with van der Waals surface area (Å²) in [6.07, 6.45) is 0. The fourth-order valence-electron chi connectivity index (χ4n) is 3.89. The summed E-state index contributed by atoms with van der Waals surface area (Å²) >= 11 is 1.39. The molecule has 32 heavy (non-hydrogen) atoms. The van der Waals surface area contributed by atoms with E-state index in [9.17, 15) is 9.59 Å². The largest absolute Gasteiger partial charge is 0.338 e. The average molecular weight is 447 g/mol. The summed E-state index contributed by atoms with van der Waals surface area (Å²) in [5, 5.41) is 9.36. The number of carbonyl (C=O) groups is 2. The molecule has 1 aliphatic heterocycles. The molecule has 6 nitrogen and oxygen atoms in total. The Balaban J connectivity index is 1.32. The Morgan fingerprint density at radius 2 is 1.59 bits per heavy atom. The van der Waals surface area contributed by atoms with E-state index < -0.39 is 0 Å². The van der Waals surface area contributed by atoms with E-state index in [2.05, 4.69) is 34.5 Å². The molecule has 2 aromatic carbocycles. The first kappa shape index (κ1) is 22.0. The van der Waals surface area contributed by atoms with Crippen molar-refractivity contribution in [2.24, 2.45) is 0 Å². The number of rotatable bonds is 5. The van der Waals surface area contributed by atoms with Gasteiger partial charge < -0.3 is 9.80 Å². The minimum Gasteiger partial charge on any atom is -0.338 e. The monoisotopic (exact) mass is 446 g/mol. The second-order valence-corrected chi connectivity index (χ2v) is 8.89. The molecule has 0 N–H and O–H groups in total. The van der Waals surface area contributed by atoms with Gasteiger partial charge in [0, 0.05) is 38.2 Å². The maximum absolute atomic E-state index is 12.6. The number of amides is 2. The van der Waals surface area contributed by atoms with E-state index >= 15 is 0 Å². The Kier molecular flexibility index (Phi) is 6.85. The first-order valence-corrected chi connectivity index (χ1v) is 11.7. The molecule has 0 saturated carbocycles. The lowest BCUT2D eigenvalue weighted by Gasteiger charge is -2.39. The number of hydrogen-bond acceptors (Lipinski definition) is 5. The van der Waals surface area contributed by atoms with Gasteiger partial charge in [0.1, 0.15) is 5.03 Å². The van der Waals surface area contributed by atoms with Crippen molar-refractivity contribution < 1.29 is 9.59 Å². The van der Waals surface area contributed by atoms with Crippen molar-refractivity contribution in [1.82, 2.24) is 20.0 Å². The predicted octanol–water partition coefficient (Wildman–Crippen LogP) is 3.98. The van der Waals surface area contributed by atoms with Crippen molar-refractivity contribution in [2.75, 3.05) is 25.4 Å². The maximum Gasteiger partial charge on any atom is 0.233 e. The maximum atomic E-state index is 12.6. The highest BCUT2D eigenvalue weighted by molar-refractivity contribution is 7.99. The van der Waals surface area contributed by atoms with Crippen molar-refractivity contribution in [1.29, 1.82) is 0 Å². The van der Waals surface area contributed by atoms with Crippen molar-refractivity contribution >= 4 is 23.6 Å². The number of carbonyl (C=O) groups excluding carboxylic acids is 2. The minimum atomic E-state index is 0.0440. The van der Waals surface area contributed by atoms with Gasteiger partial charge in [-0.05, 0) is 30.2 Å². The molecule has 0 aliphatic carbocycles. The van der Waals surface area contributed by atoms with Crippen LogP contribution < -0.4 is 0 Å². The van der Waals surface area contributed by atoms with Crippen LogP contribution in [0.25, 0.3) is 22.4 Å². The average Bonchev–Trinajstić information content (AvgIpc) is 2.83. The minimum absolute atomic E-state index is 0.0440. The third-order valence-electron chi connectivity index (χ3n) is 5.66. The third-order valence-corrected chi connectivity index (χ3v) is 6.56. The Hall–Kier alpha value is -3.19. The molecule has 0 spiro atoms. The van der Waals surface area contributed by atoms with Crippen LogP contribution >= 0.6 is 11.8 Å². The van der Waals surface area contributed by atoms with E-state index in [0.29, 0.717) is 25.4 Å². The van der Waals surface area contributed by atoms with Gasteiger partial charge in [0.25, 0.3) is 0 Å². The molecule has 2 amide bonds. The molecule has 1 saturated heterocycles. The molecule has 1 fully saturated rings. The molecular weight excluding hydrogens is 420 g/mol. The summed E-state index contributed by atoms with van der Waals surface area (Å²) < 4.78 is 0. The molecule has 7 heteroatoms. The van der Waals surface area contributed by atoms with E-state index in [1.54, 1.807) is 6.92 Å². The number of piperazine rings is 1. The summed E-state index contributed by atoms with van der Waals surface area (Å²) in [5.41, 5.74) is 4.14. The first-order valence-electron chi connectivity index (χ1n) is 10.7. The Labute approximate surface area is 192 Å². The van der Waals surface area contributed by atoms with Gasteiger partial charge in [-0.15, -0.1) is 10.2 Å². The number of thioether (sulfide) groups is 1. The van der Waals surface area contributed by atoms with E-state index in [-0.39, 0.29) is 17.9 Å². The zero-order chi connectivity index (χ0) is 22.5. The van der Waals surface area contributed by atoms with Crippen molar-refractivity contribution in [2.45, 2.75) is 24.9 Å². The zero-order valence-electron chi connectivity index (χ0n) is 18.3. The molecule has 1 unspecified atom stereocenters. The van der Waals surface area contributed by atoms with Crippen molar-refractivity contribution in [3.8, 4) is 22.4 Å². The summed E-state index contributed by atoms with van der Waals surface area (Å²) in [7, 11) is 0. The highest BCUT2D eigenvalue weighted by Crippen LogP contribution is 2.24. The van der Waals surface area contributed by atoms with Gasteiger partial charge in [-0.2, -0.15) is 0 Å². The summed E-state index contributed by atoms with van der Waals surface area (Å²) in [6, 6.07) is 22.4. The fourth-order valence-corrected chi connectivity index (χ4v) is 4.61. The number of hydrogen-bond donors (Lipinski definition) is 0. The van der Waals surface area contributed by atoms with Gasteiger partial charge in [-0.3, -0.25) is 9.59 Å². The van der Waals surface area contributed by atoms with Gasteiger partial charge in [0.05, 0.1) is 11.4 Å². The van der Waals surface area contributed by atoms with Gasteiger partial charge in [0.15, 0.2) is 0 Å². The lowest BCUT2D eigenvalue weighted by Crippen LogP contribution is -2.55. The Morgan fingerprint density at radius 1 is 0.906 bits per heavy atom. The normalized spacial score (nSPS) is 16.1. The molecule has 4 rings (SSSR count). The number of aromatic nitrogens is 2. The van der Waals surface area contributed by atoms with Crippen molar-refractivity contribution in [3.63, 3.8) is 0 Å². The van der Waals surface area contributed by atoms with E-state index in [1.165, 1.54) is 17.3 Å². The highest BCUT2D eigenvalue weighted by atomic mass is 32.2. The molecule has 164 valence electrons. The number of benzene rings is 2. The van der Waals surface area contributed by atoms with Gasteiger partial charge in [-0.25, -0.2) is 0 Å². The SMILES string of the molecule is CC(=O)N1CCN(C(=O)CSc2ccc(-c3ccc(-c4ccccc4)cc3)nn2)CC1C. The second kappa shape index (κ2) is 9.96. The van der Waals surface area contributed by atoms with Crippen LogP contribution in [0.15, 0.2) is 71.8 Å². The molecule has 1 aromatic heterocycles. The van der Waals surface area contributed by atoms with Crippen LogP contribution in [0.3, 0.4) is 0 Å². The smallest absolute Gasteiger partial charge is 0.233 e. The molecule has 1 atom stereocenters. The van der Waals surface area contributed by atoms with E-state index in [4.69, 9.17) is 0 Å². The standard InChI is InChI=1S/C25H26N4O2S/c1-18-16-28(14-15-29(18)19(2)30)25(31)17-32-24-13-12-23(26-27-24)22-10-8-21(9-11-22)20-6-4-3-5-7-20/h3-13,18H,14-17H2,1-2H3. The summed E-state index contributed by atoms with van der Waals surface area (Å²) in [4.78, 5) is 27.8. The molecule has 0 bridgehead atoms. The molecule has 0 radical (unpaired) electrons. The predicted molar refractivity (Wildman–Crippen MR) is 127 cm³/mol. The second-order valence-electron chi connectivity index (χ2n) is 7.89. The highest BCUT2D eigenvalue weighted by Gasteiger charge is 2.27. The Bertz CT molecular complexity index is 1070. The quantitative estimate of drug-likeness (QED) is 0.555. The third kappa shape index (κ3) is 5.16. The van der Waals surface area contributed by atoms with Crippen LogP contribution in [0.2, 0.25) is 0 Å². The topological polar surface area (TPSA) is 66.4 Å². The van der Waals surface area contributed by atoms with Crippen LogP contribution in [-0.4, -0.2) is 63.2 Å². The van der Waals surface area contributed by atoms with Crippen LogP contribution in [0.5, 0.6) is 0 Å².